The van der Waals surface area contributed by atoms with E-state index in [1.165, 1.54) is 12.8 Å². The number of hydrogen-bond donors (Lipinski definition) is 2. The van der Waals surface area contributed by atoms with Crippen molar-refractivity contribution in [1.82, 2.24) is 0 Å². The van der Waals surface area contributed by atoms with E-state index in [1.54, 1.807) is 0 Å². The monoisotopic (exact) mass is 538 g/mol. The van der Waals surface area contributed by atoms with Crippen LogP contribution in [0, 0.1) is 0 Å². The predicted octanol–water partition coefficient (Wildman–Crippen LogP) is 8.93. The Morgan fingerprint density at radius 3 is 1.26 bits per heavy atom. The molecule has 0 aromatic heterocycles. The Balaban J connectivity index is 3.31. The molecule has 0 spiro atoms. The summed E-state index contributed by atoms with van der Waals surface area (Å²) in [5.74, 6) is -1.24. The molecule has 0 radical (unpaired) electrons. The third-order valence-electron chi connectivity index (χ3n) is 6.44. The first-order chi connectivity index (χ1) is 18.5. The summed E-state index contributed by atoms with van der Waals surface area (Å²) >= 11 is 0. The van der Waals surface area contributed by atoms with Gasteiger partial charge >= 0.3 is 5.97 Å². The summed E-state index contributed by atoms with van der Waals surface area (Å²) < 4.78 is 24.3. The second-order valence-corrected chi connectivity index (χ2v) is 9.98. The van der Waals surface area contributed by atoms with Crippen LogP contribution in [0.5, 0.6) is 28.7 Å². The van der Waals surface area contributed by atoms with Gasteiger partial charge in [-0.15, -0.1) is 0 Å². The third-order valence-corrected chi connectivity index (χ3v) is 6.44. The number of carbonyl (C=O) groups is 1. The highest BCUT2D eigenvalue weighted by atomic mass is 16.6. The number of hydrogen-bond acceptors (Lipinski definition) is 6. The summed E-state index contributed by atoms with van der Waals surface area (Å²) in [4.78, 5) is 12.3. The van der Waals surface area contributed by atoms with Crippen molar-refractivity contribution in [2.75, 3.05) is 26.4 Å². The standard InChI is InChI=1S/C31H54O7/c1-5-9-12-15-18-22-36-27-25(31(33)34)26(32)28(35-21-8-4)30(38-24-20-17-14-11-7-3)29(27)37-23-19-16-13-10-6-2/h32H,5-24H2,1-4H3,(H,33,34). The molecule has 1 rings (SSSR count). The van der Waals surface area contributed by atoms with Crippen LogP contribution in [-0.2, 0) is 0 Å². The number of ether oxygens (including phenoxy) is 4. The summed E-state index contributed by atoms with van der Waals surface area (Å²) in [7, 11) is 0. The maximum atomic E-state index is 12.3. The zero-order valence-electron chi connectivity index (χ0n) is 24.6. The molecule has 0 amide bonds. The van der Waals surface area contributed by atoms with E-state index >= 15 is 0 Å². The number of benzene rings is 1. The Labute approximate surface area is 231 Å². The highest BCUT2D eigenvalue weighted by Crippen LogP contribution is 2.53. The second-order valence-electron chi connectivity index (χ2n) is 9.98. The Morgan fingerprint density at radius 2 is 0.868 bits per heavy atom. The molecule has 7 nitrogen and oxygen atoms in total. The van der Waals surface area contributed by atoms with Crippen LogP contribution in [0.4, 0.5) is 0 Å². The molecule has 7 heteroatoms. The lowest BCUT2D eigenvalue weighted by Gasteiger charge is -2.23. The fraction of sp³-hybridized carbons (Fsp3) is 0.774. The smallest absolute Gasteiger partial charge is 0.343 e. The number of aromatic carboxylic acids is 1. The molecule has 0 unspecified atom stereocenters. The van der Waals surface area contributed by atoms with Gasteiger partial charge in [-0.2, -0.15) is 0 Å². The van der Waals surface area contributed by atoms with Crippen molar-refractivity contribution in [2.24, 2.45) is 0 Å². The topological polar surface area (TPSA) is 94.5 Å². The lowest BCUT2D eigenvalue weighted by atomic mass is 10.1. The van der Waals surface area contributed by atoms with Gasteiger partial charge in [-0.05, 0) is 25.7 Å². The molecule has 0 aliphatic carbocycles. The molecule has 0 atom stereocenters. The molecule has 0 aliphatic heterocycles. The van der Waals surface area contributed by atoms with Gasteiger partial charge in [0.15, 0.2) is 17.1 Å². The highest BCUT2D eigenvalue weighted by Gasteiger charge is 2.32. The Hall–Kier alpha value is -2.31. The van der Waals surface area contributed by atoms with Gasteiger partial charge in [0.25, 0.3) is 0 Å². The van der Waals surface area contributed by atoms with E-state index in [9.17, 15) is 15.0 Å². The number of aromatic hydroxyl groups is 1. The van der Waals surface area contributed by atoms with Crippen molar-refractivity contribution < 1.29 is 34.0 Å². The maximum Gasteiger partial charge on any atom is 0.343 e. The van der Waals surface area contributed by atoms with Crippen molar-refractivity contribution in [3.63, 3.8) is 0 Å². The van der Waals surface area contributed by atoms with Crippen LogP contribution < -0.4 is 18.9 Å². The quantitative estimate of drug-likeness (QED) is 0.120. The molecule has 0 fully saturated rings. The first kappa shape index (κ1) is 33.7. The SMILES string of the molecule is CCCCCCCOc1c(OCCC)c(O)c(C(=O)O)c(OCCCCCCC)c1OCCCCCCC. The van der Waals surface area contributed by atoms with E-state index in [0.717, 1.165) is 83.5 Å². The van der Waals surface area contributed by atoms with Crippen molar-refractivity contribution in [3.05, 3.63) is 5.56 Å². The van der Waals surface area contributed by atoms with Gasteiger partial charge in [-0.25, -0.2) is 4.79 Å². The van der Waals surface area contributed by atoms with Crippen molar-refractivity contribution in [2.45, 2.75) is 130 Å². The second kappa shape index (κ2) is 21.6. The Bertz CT molecular complexity index is 763. The molecule has 220 valence electrons. The van der Waals surface area contributed by atoms with Gasteiger partial charge in [0.2, 0.25) is 17.2 Å². The molecule has 1 aromatic carbocycles. The fourth-order valence-corrected chi connectivity index (χ4v) is 4.22. The minimum absolute atomic E-state index is 0.0223. The molecule has 1 aromatic rings. The summed E-state index contributed by atoms with van der Waals surface area (Å²) in [5, 5.41) is 21.1. The zero-order chi connectivity index (χ0) is 28.0. The zero-order valence-corrected chi connectivity index (χ0v) is 24.6. The van der Waals surface area contributed by atoms with Gasteiger partial charge < -0.3 is 29.2 Å². The third kappa shape index (κ3) is 12.5. The Kier molecular flexibility index (Phi) is 19.2. The number of carboxylic acid groups (broad SMARTS) is 1. The van der Waals surface area contributed by atoms with Gasteiger partial charge in [-0.3, -0.25) is 0 Å². The minimum Gasteiger partial charge on any atom is -0.503 e. The molecule has 2 N–H and O–H groups in total. The average Bonchev–Trinajstić information content (AvgIpc) is 2.90. The summed E-state index contributed by atoms with van der Waals surface area (Å²) in [6.07, 6.45) is 16.6. The molecule has 0 heterocycles. The van der Waals surface area contributed by atoms with Crippen LogP contribution in [0.2, 0.25) is 0 Å². The number of rotatable bonds is 25. The van der Waals surface area contributed by atoms with E-state index < -0.39 is 11.7 Å². The summed E-state index contributed by atoms with van der Waals surface area (Å²) in [5.41, 5.74) is -0.332. The van der Waals surface area contributed by atoms with E-state index in [-0.39, 0.29) is 28.6 Å². The lowest BCUT2D eigenvalue weighted by molar-refractivity contribution is 0.0685. The number of carboxylic acids is 1. The van der Waals surface area contributed by atoms with Crippen LogP contribution in [0.25, 0.3) is 0 Å². The van der Waals surface area contributed by atoms with Crippen LogP contribution in [0.1, 0.15) is 141 Å². The lowest BCUT2D eigenvalue weighted by Crippen LogP contribution is -2.12. The van der Waals surface area contributed by atoms with Crippen LogP contribution in [0.15, 0.2) is 0 Å². The molecule has 0 bridgehead atoms. The molecule has 0 saturated carbocycles. The maximum absolute atomic E-state index is 12.3. The fourth-order valence-electron chi connectivity index (χ4n) is 4.22. The van der Waals surface area contributed by atoms with Gasteiger partial charge in [0.1, 0.15) is 0 Å². The minimum atomic E-state index is -1.29. The first-order valence-corrected chi connectivity index (χ1v) is 15.2. The van der Waals surface area contributed by atoms with Gasteiger partial charge in [-0.1, -0.05) is 105 Å². The highest BCUT2D eigenvalue weighted by molar-refractivity contribution is 5.97. The van der Waals surface area contributed by atoms with Gasteiger partial charge in [0, 0.05) is 0 Å². The van der Waals surface area contributed by atoms with E-state index in [1.807, 2.05) is 6.92 Å². The molecule has 0 saturated heterocycles. The summed E-state index contributed by atoms with van der Waals surface area (Å²) in [6, 6.07) is 0. The molecular weight excluding hydrogens is 484 g/mol. The van der Waals surface area contributed by atoms with Gasteiger partial charge in [0.05, 0.1) is 26.4 Å². The van der Waals surface area contributed by atoms with E-state index in [2.05, 4.69) is 20.8 Å². The van der Waals surface area contributed by atoms with Crippen LogP contribution in [-0.4, -0.2) is 42.6 Å². The largest absolute Gasteiger partial charge is 0.503 e. The van der Waals surface area contributed by atoms with Crippen molar-refractivity contribution in [1.29, 1.82) is 0 Å². The molecule has 0 aliphatic rings. The van der Waals surface area contributed by atoms with E-state index in [0.29, 0.717) is 32.8 Å². The Morgan fingerprint density at radius 1 is 0.500 bits per heavy atom. The summed E-state index contributed by atoms with van der Waals surface area (Å²) in [6.45, 7) is 9.94. The number of unbranched alkanes of at least 4 members (excludes halogenated alkanes) is 12. The van der Waals surface area contributed by atoms with Crippen LogP contribution in [0.3, 0.4) is 0 Å². The predicted molar refractivity (Wildman–Crippen MR) is 154 cm³/mol. The van der Waals surface area contributed by atoms with Crippen molar-refractivity contribution >= 4 is 5.97 Å². The normalized spacial score (nSPS) is 10.9. The average molecular weight is 539 g/mol. The van der Waals surface area contributed by atoms with Crippen LogP contribution >= 0.6 is 0 Å². The first-order valence-electron chi connectivity index (χ1n) is 15.2. The van der Waals surface area contributed by atoms with Crippen molar-refractivity contribution in [3.8, 4) is 28.7 Å². The molecular formula is C31H54O7. The van der Waals surface area contributed by atoms with E-state index in [4.69, 9.17) is 18.9 Å². The number of phenols is 1. The molecule has 38 heavy (non-hydrogen) atoms.